The highest BCUT2D eigenvalue weighted by molar-refractivity contribution is 7.16. The SMILES string of the molecule is CC(OC(=O)c1cccc(N)c1)C(=O)Nc1sc2c(c1C#N)CCCC2. The molecule has 1 aliphatic carbocycles. The summed E-state index contributed by atoms with van der Waals surface area (Å²) in [5, 5.41) is 12.7. The second-order valence-electron chi connectivity index (χ2n) is 6.19. The molecule has 0 saturated carbocycles. The lowest BCUT2D eigenvalue weighted by molar-refractivity contribution is -0.123. The molecule has 134 valence electrons. The molecule has 0 radical (unpaired) electrons. The van der Waals surface area contributed by atoms with Gasteiger partial charge in [0, 0.05) is 10.6 Å². The molecule has 2 aromatic rings. The number of hydrogen-bond donors (Lipinski definition) is 2. The largest absolute Gasteiger partial charge is 0.449 e. The van der Waals surface area contributed by atoms with Crippen LogP contribution < -0.4 is 11.1 Å². The zero-order valence-electron chi connectivity index (χ0n) is 14.4. The fourth-order valence-corrected chi connectivity index (χ4v) is 4.18. The molecule has 1 aromatic heterocycles. The number of benzene rings is 1. The van der Waals surface area contributed by atoms with Crippen molar-refractivity contribution < 1.29 is 14.3 Å². The number of rotatable bonds is 4. The summed E-state index contributed by atoms with van der Waals surface area (Å²) in [6.45, 7) is 1.50. The lowest BCUT2D eigenvalue weighted by Crippen LogP contribution is -2.30. The van der Waals surface area contributed by atoms with E-state index in [4.69, 9.17) is 10.5 Å². The van der Waals surface area contributed by atoms with Gasteiger partial charge in [0.2, 0.25) is 0 Å². The van der Waals surface area contributed by atoms with Crippen molar-refractivity contribution in [2.24, 2.45) is 0 Å². The smallest absolute Gasteiger partial charge is 0.338 e. The van der Waals surface area contributed by atoms with E-state index in [9.17, 15) is 14.9 Å². The fraction of sp³-hybridized carbons (Fsp3) is 0.316. The van der Waals surface area contributed by atoms with Crippen molar-refractivity contribution in [1.82, 2.24) is 0 Å². The lowest BCUT2D eigenvalue weighted by atomic mass is 9.96. The zero-order chi connectivity index (χ0) is 18.7. The molecule has 1 aliphatic rings. The maximum atomic E-state index is 12.4. The molecule has 0 bridgehead atoms. The summed E-state index contributed by atoms with van der Waals surface area (Å²) >= 11 is 1.44. The number of thiophene rings is 1. The predicted octanol–water partition coefficient (Wildman–Crippen LogP) is 3.26. The van der Waals surface area contributed by atoms with Gasteiger partial charge in [-0.3, -0.25) is 4.79 Å². The van der Waals surface area contributed by atoms with Gasteiger partial charge >= 0.3 is 5.97 Å². The Morgan fingerprint density at radius 1 is 1.35 bits per heavy atom. The Balaban J connectivity index is 1.69. The standard InChI is InChI=1S/C19H19N3O3S/c1-11(25-19(24)12-5-4-6-13(21)9-12)17(23)22-18-15(10-20)14-7-2-3-8-16(14)26-18/h4-6,9,11H,2-3,7-8,21H2,1H3,(H,22,23). The third-order valence-corrected chi connectivity index (χ3v) is 5.50. The van der Waals surface area contributed by atoms with Gasteiger partial charge in [0.05, 0.1) is 11.1 Å². The molecule has 0 spiro atoms. The van der Waals surface area contributed by atoms with E-state index in [0.29, 0.717) is 16.3 Å². The van der Waals surface area contributed by atoms with Gasteiger partial charge in [-0.15, -0.1) is 11.3 Å². The molecule has 1 amide bonds. The topological polar surface area (TPSA) is 105 Å². The minimum Gasteiger partial charge on any atom is -0.449 e. The van der Waals surface area contributed by atoms with E-state index in [0.717, 1.165) is 36.1 Å². The van der Waals surface area contributed by atoms with E-state index in [1.54, 1.807) is 18.2 Å². The monoisotopic (exact) mass is 369 g/mol. The highest BCUT2D eigenvalue weighted by atomic mass is 32.1. The van der Waals surface area contributed by atoms with Crippen molar-refractivity contribution in [1.29, 1.82) is 5.26 Å². The number of esters is 1. The van der Waals surface area contributed by atoms with Gasteiger partial charge in [-0.25, -0.2) is 4.79 Å². The first-order chi connectivity index (χ1) is 12.5. The Hall–Kier alpha value is -2.85. The Bertz CT molecular complexity index is 898. The highest BCUT2D eigenvalue weighted by Crippen LogP contribution is 2.37. The molecule has 26 heavy (non-hydrogen) atoms. The Kier molecular flexibility index (Phi) is 5.24. The molecule has 3 N–H and O–H groups in total. The quantitative estimate of drug-likeness (QED) is 0.636. The maximum Gasteiger partial charge on any atom is 0.338 e. The Labute approximate surface area is 155 Å². The van der Waals surface area contributed by atoms with Crippen molar-refractivity contribution in [3.8, 4) is 6.07 Å². The van der Waals surface area contributed by atoms with Gasteiger partial charge < -0.3 is 15.8 Å². The van der Waals surface area contributed by atoms with Crippen LogP contribution in [0.3, 0.4) is 0 Å². The molecule has 1 atom stereocenters. The minimum atomic E-state index is -0.991. The first-order valence-corrected chi connectivity index (χ1v) is 9.23. The molecule has 1 unspecified atom stereocenters. The van der Waals surface area contributed by atoms with Gasteiger partial charge in [-0.1, -0.05) is 6.07 Å². The second-order valence-corrected chi connectivity index (χ2v) is 7.29. The summed E-state index contributed by atoms with van der Waals surface area (Å²) in [4.78, 5) is 25.7. The van der Waals surface area contributed by atoms with Crippen LogP contribution >= 0.6 is 11.3 Å². The van der Waals surface area contributed by atoms with E-state index in [1.807, 2.05) is 0 Å². The van der Waals surface area contributed by atoms with Crippen LogP contribution in [0.2, 0.25) is 0 Å². The molecule has 0 saturated heterocycles. The molecular formula is C19H19N3O3S. The number of nitrogens with two attached hydrogens (primary N) is 1. The van der Waals surface area contributed by atoms with Crippen LogP contribution in [0.1, 0.15) is 46.1 Å². The van der Waals surface area contributed by atoms with Crippen LogP contribution in [0.25, 0.3) is 0 Å². The zero-order valence-corrected chi connectivity index (χ0v) is 15.2. The number of fused-ring (bicyclic) bond motifs is 1. The number of anilines is 2. The summed E-state index contributed by atoms with van der Waals surface area (Å²) in [7, 11) is 0. The number of nitrogens with one attached hydrogen (secondary N) is 1. The number of nitrogens with zero attached hydrogens (tertiary/aromatic N) is 1. The van der Waals surface area contributed by atoms with E-state index in [1.165, 1.54) is 24.3 Å². The molecular weight excluding hydrogens is 350 g/mol. The van der Waals surface area contributed by atoms with Crippen LogP contribution in [-0.4, -0.2) is 18.0 Å². The molecule has 1 aromatic carbocycles. The third kappa shape index (κ3) is 3.70. The summed E-state index contributed by atoms with van der Waals surface area (Å²) in [6, 6.07) is 8.57. The summed E-state index contributed by atoms with van der Waals surface area (Å²) < 4.78 is 5.22. The Morgan fingerprint density at radius 3 is 2.85 bits per heavy atom. The summed E-state index contributed by atoms with van der Waals surface area (Å²) in [5.41, 5.74) is 7.96. The van der Waals surface area contributed by atoms with Crippen LogP contribution in [0, 0.1) is 11.3 Å². The van der Waals surface area contributed by atoms with Crippen molar-refractivity contribution in [3.05, 3.63) is 45.8 Å². The molecule has 0 fully saturated rings. The lowest BCUT2D eigenvalue weighted by Gasteiger charge is -2.13. The van der Waals surface area contributed by atoms with Crippen molar-refractivity contribution >= 4 is 33.9 Å². The van der Waals surface area contributed by atoms with Gasteiger partial charge in [0.1, 0.15) is 11.1 Å². The van der Waals surface area contributed by atoms with Crippen LogP contribution in [0.15, 0.2) is 24.3 Å². The number of nitrogen functional groups attached to an aromatic ring is 1. The molecule has 6 nitrogen and oxygen atoms in total. The van der Waals surface area contributed by atoms with Crippen molar-refractivity contribution in [3.63, 3.8) is 0 Å². The number of hydrogen-bond acceptors (Lipinski definition) is 6. The number of carbonyl (C=O) groups excluding carboxylic acids is 2. The third-order valence-electron chi connectivity index (χ3n) is 4.30. The fourth-order valence-electron chi connectivity index (χ4n) is 2.93. The van der Waals surface area contributed by atoms with Crippen molar-refractivity contribution in [2.45, 2.75) is 38.7 Å². The first-order valence-electron chi connectivity index (χ1n) is 8.41. The molecule has 7 heteroatoms. The average Bonchev–Trinajstić information content (AvgIpc) is 2.98. The van der Waals surface area contributed by atoms with Crippen molar-refractivity contribution in [2.75, 3.05) is 11.1 Å². The van der Waals surface area contributed by atoms with Crippen LogP contribution in [0.5, 0.6) is 0 Å². The van der Waals surface area contributed by atoms with E-state index in [2.05, 4.69) is 11.4 Å². The van der Waals surface area contributed by atoms with Gasteiger partial charge in [0.25, 0.3) is 5.91 Å². The second kappa shape index (κ2) is 7.58. The Morgan fingerprint density at radius 2 is 2.12 bits per heavy atom. The maximum absolute atomic E-state index is 12.4. The minimum absolute atomic E-state index is 0.286. The van der Waals surface area contributed by atoms with Crippen LogP contribution in [0.4, 0.5) is 10.7 Å². The summed E-state index contributed by atoms with van der Waals surface area (Å²) in [6.07, 6.45) is 2.96. The molecule has 1 heterocycles. The van der Waals surface area contributed by atoms with Gasteiger partial charge in [-0.2, -0.15) is 5.26 Å². The number of amides is 1. The molecule has 0 aliphatic heterocycles. The summed E-state index contributed by atoms with van der Waals surface area (Å²) in [5.74, 6) is -1.08. The number of carbonyl (C=O) groups is 2. The normalized spacial score (nSPS) is 14.0. The van der Waals surface area contributed by atoms with E-state index < -0.39 is 18.0 Å². The van der Waals surface area contributed by atoms with Crippen LogP contribution in [-0.2, 0) is 22.4 Å². The van der Waals surface area contributed by atoms with E-state index in [-0.39, 0.29) is 5.56 Å². The van der Waals surface area contributed by atoms with Gasteiger partial charge in [0.15, 0.2) is 6.10 Å². The van der Waals surface area contributed by atoms with Gasteiger partial charge in [-0.05, 0) is 56.4 Å². The first kappa shape index (κ1) is 18.0. The molecule has 3 rings (SSSR count). The number of ether oxygens (including phenoxy) is 1. The van der Waals surface area contributed by atoms with E-state index >= 15 is 0 Å². The predicted molar refractivity (Wildman–Crippen MR) is 100 cm³/mol. The number of nitriles is 1. The average molecular weight is 369 g/mol. The number of aryl methyl sites for hydroxylation is 1. The highest BCUT2D eigenvalue weighted by Gasteiger charge is 2.25.